The molecule has 0 saturated carbocycles. The highest BCUT2D eigenvalue weighted by atomic mass is 16.2. The Hall–Kier alpha value is -3.54. The largest absolute Gasteiger partial charge is 0.341 e. The van der Waals surface area contributed by atoms with E-state index in [0.717, 1.165) is 59.0 Å². The first-order chi connectivity index (χ1) is 14.3. The molecule has 0 N–H and O–H groups in total. The zero-order valence-corrected chi connectivity index (χ0v) is 16.0. The van der Waals surface area contributed by atoms with Gasteiger partial charge >= 0.3 is 0 Å². The maximum atomic E-state index is 12.3. The lowest BCUT2D eigenvalue weighted by Gasteiger charge is -2.14. The van der Waals surface area contributed by atoms with Crippen molar-refractivity contribution in [2.24, 2.45) is 0 Å². The van der Waals surface area contributed by atoms with E-state index < -0.39 is 0 Å². The van der Waals surface area contributed by atoms with Gasteiger partial charge in [0.05, 0.1) is 6.20 Å². The number of amides is 1. The Morgan fingerprint density at radius 3 is 2.48 bits per heavy atom. The van der Waals surface area contributed by atoms with Gasteiger partial charge in [0.1, 0.15) is 6.54 Å². The van der Waals surface area contributed by atoms with Crippen LogP contribution in [0, 0.1) is 0 Å². The highest BCUT2D eigenvalue weighted by Crippen LogP contribution is 2.29. The second-order valence-corrected chi connectivity index (χ2v) is 7.38. The number of carbonyl (C=O) groups is 1. The van der Waals surface area contributed by atoms with Crippen LogP contribution >= 0.6 is 0 Å². The number of hydrogen-bond acceptors (Lipinski definition) is 4. The topological polar surface area (TPSA) is 63.9 Å². The number of benzene rings is 1. The van der Waals surface area contributed by atoms with Gasteiger partial charge in [-0.2, -0.15) is 5.10 Å². The van der Waals surface area contributed by atoms with Crippen molar-refractivity contribution < 1.29 is 4.79 Å². The van der Waals surface area contributed by atoms with Crippen LogP contribution in [0.3, 0.4) is 0 Å². The van der Waals surface area contributed by atoms with Gasteiger partial charge in [-0.15, -0.1) is 0 Å². The maximum Gasteiger partial charge on any atom is 0.244 e. The van der Waals surface area contributed by atoms with Crippen LogP contribution in [0.25, 0.3) is 33.0 Å². The first kappa shape index (κ1) is 17.6. The van der Waals surface area contributed by atoms with Gasteiger partial charge in [-0.3, -0.25) is 19.4 Å². The van der Waals surface area contributed by atoms with Crippen molar-refractivity contribution in [3.05, 3.63) is 67.5 Å². The van der Waals surface area contributed by atoms with Crippen LogP contribution in [0.2, 0.25) is 0 Å². The molecule has 0 aliphatic carbocycles. The van der Waals surface area contributed by atoms with Crippen molar-refractivity contribution in [2.45, 2.75) is 19.4 Å². The molecule has 1 saturated heterocycles. The zero-order chi connectivity index (χ0) is 19.6. The molecule has 144 valence electrons. The number of fused-ring (bicyclic) bond motifs is 1. The molecule has 3 aromatic heterocycles. The van der Waals surface area contributed by atoms with Crippen molar-refractivity contribution in [1.82, 2.24) is 24.6 Å². The molecule has 1 fully saturated rings. The fraction of sp³-hybridized carbons (Fsp3) is 0.217. The monoisotopic (exact) mass is 383 g/mol. The second kappa shape index (κ2) is 7.47. The van der Waals surface area contributed by atoms with E-state index in [-0.39, 0.29) is 5.91 Å². The van der Waals surface area contributed by atoms with E-state index in [2.05, 4.69) is 39.3 Å². The summed E-state index contributed by atoms with van der Waals surface area (Å²) in [5.74, 6) is 0.143. The Labute approximate surface area is 168 Å². The third-order valence-corrected chi connectivity index (χ3v) is 5.48. The third-order valence-electron chi connectivity index (χ3n) is 5.48. The van der Waals surface area contributed by atoms with Crippen molar-refractivity contribution >= 4 is 16.7 Å². The predicted octanol–water partition coefficient (Wildman–Crippen LogP) is 3.78. The Morgan fingerprint density at radius 2 is 1.66 bits per heavy atom. The number of likely N-dealkylation sites (tertiary alicyclic amines) is 1. The van der Waals surface area contributed by atoms with Crippen LogP contribution in [-0.2, 0) is 11.3 Å². The number of pyridine rings is 2. The van der Waals surface area contributed by atoms with Crippen LogP contribution in [0.5, 0.6) is 0 Å². The molecule has 0 atom stereocenters. The van der Waals surface area contributed by atoms with Gasteiger partial charge in [0, 0.05) is 66.0 Å². The summed E-state index contributed by atoms with van der Waals surface area (Å²) in [5, 5.41) is 6.54. The molecule has 0 bridgehead atoms. The van der Waals surface area contributed by atoms with Crippen molar-refractivity contribution in [1.29, 1.82) is 0 Å². The first-order valence-corrected chi connectivity index (χ1v) is 9.87. The molecule has 0 unspecified atom stereocenters. The van der Waals surface area contributed by atoms with Crippen LogP contribution < -0.4 is 0 Å². The fourth-order valence-electron chi connectivity index (χ4n) is 3.88. The normalized spacial score (nSPS) is 13.9. The number of aromatic nitrogens is 4. The summed E-state index contributed by atoms with van der Waals surface area (Å²) in [4.78, 5) is 22.8. The van der Waals surface area contributed by atoms with Gasteiger partial charge < -0.3 is 4.90 Å². The smallest absolute Gasteiger partial charge is 0.244 e. The number of rotatable bonds is 4. The fourth-order valence-corrected chi connectivity index (χ4v) is 3.88. The van der Waals surface area contributed by atoms with E-state index in [4.69, 9.17) is 0 Å². The second-order valence-electron chi connectivity index (χ2n) is 7.38. The molecule has 6 nitrogen and oxygen atoms in total. The summed E-state index contributed by atoms with van der Waals surface area (Å²) in [6.07, 6.45) is 13.3. The Kier molecular flexibility index (Phi) is 4.52. The zero-order valence-electron chi connectivity index (χ0n) is 16.0. The quantitative estimate of drug-likeness (QED) is 0.538. The van der Waals surface area contributed by atoms with Crippen molar-refractivity contribution in [2.75, 3.05) is 13.1 Å². The van der Waals surface area contributed by atoms with Crippen molar-refractivity contribution in [3.8, 4) is 22.3 Å². The summed E-state index contributed by atoms with van der Waals surface area (Å²) in [6.45, 7) is 2.03. The first-order valence-electron chi connectivity index (χ1n) is 9.87. The van der Waals surface area contributed by atoms with Crippen LogP contribution in [0.4, 0.5) is 0 Å². The Bertz CT molecular complexity index is 1150. The average Bonchev–Trinajstić information content (AvgIpc) is 3.46. The maximum absolute atomic E-state index is 12.3. The van der Waals surface area contributed by atoms with Gasteiger partial charge in [-0.1, -0.05) is 24.3 Å². The van der Waals surface area contributed by atoms with Crippen molar-refractivity contribution in [3.63, 3.8) is 0 Å². The Morgan fingerprint density at radius 1 is 0.862 bits per heavy atom. The highest BCUT2D eigenvalue weighted by Gasteiger charge is 2.18. The van der Waals surface area contributed by atoms with E-state index >= 15 is 0 Å². The molecule has 1 aliphatic heterocycles. The minimum Gasteiger partial charge on any atom is -0.341 e. The predicted molar refractivity (Wildman–Crippen MR) is 112 cm³/mol. The number of hydrogen-bond donors (Lipinski definition) is 0. The van der Waals surface area contributed by atoms with E-state index in [1.54, 1.807) is 10.9 Å². The molecule has 29 heavy (non-hydrogen) atoms. The van der Waals surface area contributed by atoms with Gasteiger partial charge in [0.2, 0.25) is 5.91 Å². The summed E-state index contributed by atoms with van der Waals surface area (Å²) < 4.78 is 1.73. The molecular weight excluding hydrogens is 362 g/mol. The van der Waals surface area contributed by atoms with Gasteiger partial charge in [0.15, 0.2) is 0 Å². The molecule has 0 spiro atoms. The lowest BCUT2D eigenvalue weighted by molar-refractivity contribution is -0.130. The number of nitrogens with zero attached hydrogens (tertiary/aromatic N) is 5. The van der Waals surface area contributed by atoms with E-state index in [9.17, 15) is 4.79 Å². The number of carbonyl (C=O) groups excluding carboxylic acids is 1. The summed E-state index contributed by atoms with van der Waals surface area (Å²) in [6, 6.07) is 10.3. The lowest BCUT2D eigenvalue weighted by atomic mass is 10.00. The molecule has 1 aromatic carbocycles. The van der Waals surface area contributed by atoms with Gasteiger partial charge in [0.25, 0.3) is 0 Å². The van der Waals surface area contributed by atoms with E-state index in [0.29, 0.717) is 6.54 Å². The summed E-state index contributed by atoms with van der Waals surface area (Å²) in [7, 11) is 0. The van der Waals surface area contributed by atoms with Crippen LogP contribution in [0.15, 0.2) is 67.5 Å². The molecule has 5 rings (SSSR count). The molecule has 6 heteroatoms. The minimum atomic E-state index is 0.143. The average molecular weight is 383 g/mol. The molecule has 0 radical (unpaired) electrons. The minimum absolute atomic E-state index is 0.143. The van der Waals surface area contributed by atoms with Crippen LogP contribution in [0.1, 0.15) is 12.8 Å². The molecule has 4 aromatic rings. The van der Waals surface area contributed by atoms with Crippen LogP contribution in [-0.4, -0.2) is 43.6 Å². The molecule has 1 aliphatic rings. The van der Waals surface area contributed by atoms with Gasteiger partial charge in [-0.25, -0.2) is 0 Å². The van der Waals surface area contributed by atoms with Gasteiger partial charge in [-0.05, 0) is 30.0 Å². The van der Waals surface area contributed by atoms with E-state index in [1.807, 2.05) is 42.0 Å². The highest BCUT2D eigenvalue weighted by molar-refractivity contribution is 5.95. The molecule has 4 heterocycles. The molecular formula is C23H21N5O. The SMILES string of the molecule is O=C(Cn1cc(-c2ccc(-c3cncc4ccncc34)cc2)cn1)N1CCCC1. The lowest BCUT2D eigenvalue weighted by Crippen LogP contribution is -2.31. The standard InChI is InChI=1S/C23H21N5O/c29-23(27-9-1-2-10-27)16-28-15-20(12-26-28)17-3-5-18(6-4-17)21-14-25-11-19-7-8-24-13-22(19)21/h3-8,11-15H,1-2,9-10,16H2. The molecule has 1 amide bonds. The van der Waals surface area contributed by atoms with E-state index in [1.165, 1.54) is 0 Å². The summed E-state index contributed by atoms with van der Waals surface area (Å²) in [5.41, 5.74) is 4.23. The summed E-state index contributed by atoms with van der Waals surface area (Å²) >= 11 is 0. The Balaban J connectivity index is 1.37. The third kappa shape index (κ3) is 3.49.